The number of halogens is 1. The van der Waals surface area contributed by atoms with Crippen molar-refractivity contribution in [3.05, 3.63) is 70.7 Å². The van der Waals surface area contributed by atoms with Crippen LogP contribution in [0.25, 0.3) is 0 Å². The Balaban J connectivity index is 1.98. The van der Waals surface area contributed by atoms with Crippen LogP contribution in [0.15, 0.2) is 59.6 Å². The Bertz CT molecular complexity index is 920. The molecule has 0 saturated heterocycles. The topological polar surface area (TPSA) is 88.7 Å². The van der Waals surface area contributed by atoms with Crippen LogP contribution in [0.1, 0.15) is 27.6 Å². The highest BCUT2D eigenvalue weighted by Gasteiger charge is 2.16. The van der Waals surface area contributed by atoms with Crippen molar-refractivity contribution in [3.63, 3.8) is 0 Å². The van der Waals surface area contributed by atoms with Gasteiger partial charge in [0.05, 0.1) is 17.7 Å². The molecule has 9 heteroatoms. The van der Waals surface area contributed by atoms with Crippen LogP contribution in [0, 0.1) is 0 Å². The van der Waals surface area contributed by atoms with E-state index >= 15 is 0 Å². The summed E-state index contributed by atoms with van der Waals surface area (Å²) < 4.78 is 11.6. The Hall–Kier alpha value is -2.91. The Morgan fingerprint density at radius 2 is 1.79 bits per heavy atom. The normalized spacial score (nSPS) is 9.86. The molecular formula is C20H20BrN3O4S. The largest absolute Gasteiger partial charge is 0.493 e. The molecule has 0 radical (unpaired) electrons. The van der Waals surface area contributed by atoms with Crippen molar-refractivity contribution >= 4 is 45.1 Å². The van der Waals surface area contributed by atoms with E-state index in [2.05, 4.69) is 38.7 Å². The molecule has 0 spiro atoms. The number of hydrogen-bond donors (Lipinski definition) is 3. The summed E-state index contributed by atoms with van der Waals surface area (Å²) >= 11 is 8.41. The number of para-hydroxylation sites is 1. The molecular weight excluding hydrogens is 458 g/mol. The average Bonchev–Trinajstić information content (AvgIpc) is 2.72. The van der Waals surface area contributed by atoms with Crippen molar-refractivity contribution in [2.24, 2.45) is 0 Å². The van der Waals surface area contributed by atoms with Crippen LogP contribution in [-0.4, -0.2) is 30.1 Å². The number of amides is 2. The third kappa shape index (κ3) is 6.58. The monoisotopic (exact) mass is 477 g/mol. The Labute approximate surface area is 182 Å². The van der Waals surface area contributed by atoms with Crippen molar-refractivity contribution in [3.8, 4) is 11.5 Å². The van der Waals surface area contributed by atoms with Gasteiger partial charge in [0.25, 0.3) is 11.8 Å². The summed E-state index contributed by atoms with van der Waals surface area (Å²) in [4.78, 5) is 24.9. The fourth-order valence-corrected chi connectivity index (χ4v) is 2.78. The van der Waals surface area contributed by atoms with Crippen LogP contribution in [0.2, 0.25) is 0 Å². The lowest BCUT2D eigenvalue weighted by Crippen LogP contribution is -2.48. The maximum absolute atomic E-state index is 12.5. The van der Waals surface area contributed by atoms with Crippen LogP contribution < -0.4 is 25.6 Å². The Morgan fingerprint density at radius 1 is 1.07 bits per heavy atom. The number of rotatable bonds is 7. The van der Waals surface area contributed by atoms with Crippen molar-refractivity contribution in [2.45, 2.75) is 6.92 Å². The second kappa shape index (κ2) is 11.2. The number of carbonyl (C=O) groups excluding carboxylic acids is 2. The van der Waals surface area contributed by atoms with Crippen molar-refractivity contribution in [2.75, 3.05) is 13.2 Å². The molecule has 0 fully saturated rings. The van der Waals surface area contributed by atoms with Crippen LogP contribution in [0.3, 0.4) is 0 Å². The van der Waals surface area contributed by atoms with Gasteiger partial charge < -0.3 is 9.47 Å². The van der Waals surface area contributed by atoms with E-state index in [-0.39, 0.29) is 11.7 Å². The standard InChI is InChI=1S/C20H20BrN3O4S/c1-3-11-28-16-8-6-5-7-14(16)19(26)23-24-20(29)22-18(25)15-12-13(21)9-10-17(15)27-4-2/h3,5-10,12H,1,4,11H2,2H3,(H,23,26)(H2,22,24,25,29). The Morgan fingerprint density at radius 3 is 2.52 bits per heavy atom. The number of ether oxygens (including phenoxy) is 2. The van der Waals surface area contributed by atoms with Crippen LogP contribution in [0.5, 0.6) is 11.5 Å². The lowest BCUT2D eigenvalue weighted by atomic mass is 10.2. The van der Waals surface area contributed by atoms with Gasteiger partial charge in [0.2, 0.25) is 0 Å². The zero-order valence-electron chi connectivity index (χ0n) is 15.7. The molecule has 29 heavy (non-hydrogen) atoms. The summed E-state index contributed by atoms with van der Waals surface area (Å²) in [6.07, 6.45) is 1.58. The fraction of sp³-hybridized carbons (Fsp3) is 0.150. The highest BCUT2D eigenvalue weighted by Crippen LogP contribution is 2.23. The average molecular weight is 478 g/mol. The Kier molecular flexibility index (Phi) is 8.63. The molecule has 0 unspecified atom stereocenters. The third-order valence-electron chi connectivity index (χ3n) is 3.49. The number of hydrazine groups is 1. The minimum Gasteiger partial charge on any atom is -0.493 e. The van der Waals surface area contributed by atoms with Gasteiger partial charge in [-0.1, -0.05) is 40.7 Å². The first kappa shape index (κ1) is 22.4. The SMILES string of the molecule is C=CCOc1ccccc1C(=O)NNC(=S)NC(=O)c1cc(Br)ccc1OCC. The molecule has 3 N–H and O–H groups in total. The minimum atomic E-state index is -0.476. The maximum Gasteiger partial charge on any atom is 0.273 e. The van der Waals surface area contributed by atoms with E-state index < -0.39 is 11.8 Å². The molecule has 0 bridgehead atoms. The molecule has 0 aliphatic rings. The van der Waals surface area contributed by atoms with E-state index in [0.717, 1.165) is 4.47 Å². The molecule has 2 aromatic carbocycles. The highest BCUT2D eigenvalue weighted by atomic mass is 79.9. The molecule has 0 saturated carbocycles. The van der Waals surface area contributed by atoms with E-state index in [9.17, 15) is 9.59 Å². The molecule has 2 amide bonds. The summed E-state index contributed by atoms with van der Waals surface area (Å²) in [6.45, 7) is 6.08. The zero-order valence-corrected chi connectivity index (χ0v) is 18.1. The van der Waals surface area contributed by atoms with Crippen molar-refractivity contribution < 1.29 is 19.1 Å². The van der Waals surface area contributed by atoms with E-state index in [4.69, 9.17) is 21.7 Å². The van der Waals surface area contributed by atoms with Gasteiger partial charge in [-0.25, -0.2) is 0 Å². The van der Waals surface area contributed by atoms with Gasteiger partial charge in [0.1, 0.15) is 18.1 Å². The summed E-state index contributed by atoms with van der Waals surface area (Å²) in [5, 5.41) is 2.43. The lowest BCUT2D eigenvalue weighted by molar-refractivity contribution is 0.0930. The predicted molar refractivity (Wildman–Crippen MR) is 118 cm³/mol. The molecule has 7 nitrogen and oxygen atoms in total. The van der Waals surface area contributed by atoms with Crippen LogP contribution in [-0.2, 0) is 0 Å². The summed E-state index contributed by atoms with van der Waals surface area (Å²) in [6, 6.07) is 11.8. The smallest absolute Gasteiger partial charge is 0.273 e. The lowest BCUT2D eigenvalue weighted by Gasteiger charge is -2.14. The molecule has 2 aromatic rings. The number of hydrogen-bond acceptors (Lipinski definition) is 5. The van der Waals surface area contributed by atoms with Gasteiger partial charge in [-0.3, -0.25) is 25.8 Å². The minimum absolute atomic E-state index is 0.0738. The first-order valence-corrected chi connectivity index (χ1v) is 9.83. The molecule has 0 aliphatic heterocycles. The molecule has 152 valence electrons. The molecule has 0 aromatic heterocycles. The van der Waals surface area contributed by atoms with Gasteiger partial charge in [-0.15, -0.1) is 0 Å². The van der Waals surface area contributed by atoms with Crippen molar-refractivity contribution in [1.29, 1.82) is 0 Å². The number of benzene rings is 2. The van der Waals surface area contributed by atoms with Crippen molar-refractivity contribution in [1.82, 2.24) is 16.2 Å². The quantitative estimate of drug-likeness (QED) is 0.322. The van der Waals surface area contributed by atoms with E-state index in [1.807, 2.05) is 6.92 Å². The molecule has 0 atom stereocenters. The van der Waals surface area contributed by atoms with Gasteiger partial charge in [0.15, 0.2) is 5.11 Å². The molecule has 0 aliphatic carbocycles. The predicted octanol–water partition coefficient (Wildman–Crippen LogP) is 3.36. The summed E-state index contributed by atoms with van der Waals surface area (Å²) in [7, 11) is 0. The number of thiocarbonyl (C=S) groups is 1. The van der Waals surface area contributed by atoms with Gasteiger partial charge in [-0.2, -0.15) is 0 Å². The van der Waals surface area contributed by atoms with Crippen LogP contribution >= 0.6 is 28.1 Å². The third-order valence-corrected chi connectivity index (χ3v) is 4.19. The summed E-state index contributed by atoms with van der Waals surface area (Å²) in [5.74, 6) is -0.125. The maximum atomic E-state index is 12.5. The van der Waals surface area contributed by atoms with Crippen LogP contribution in [0.4, 0.5) is 0 Å². The van der Waals surface area contributed by atoms with Gasteiger partial charge >= 0.3 is 0 Å². The first-order valence-electron chi connectivity index (χ1n) is 8.63. The highest BCUT2D eigenvalue weighted by molar-refractivity contribution is 9.10. The van der Waals surface area contributed by atoms with E-state index in [0.29, 0.717) is 29.2 Å². The fourth-order valence-electron chi connectivity index (χ4n) is 2.27. The van der Waals surface area contributed by atoms with Gasteiger partial charge in [-0.05, 0) is 49.5 Å². The molecule has 0 heterocycles. The molecule has 2 rings (SSSR count). The van der Waals surface area contributed by atoms with E-state index in [1.165, 1.54) is 0 Å². The number of carbonyl (C=O) groups is 2. The second-order valence-corrected chi connectivity index (χ2v) is 6.86. The zero-order chi connectivity index (χ0) is 21.2. The first-order chi connectivity index (χ1) is 14.0. The van der Waals surface area contributed by atoms with Gasteiger partial charge in [0, 0.05) is 4.47 Å². The summed E-state index contributed by atoms with van der Waals surface area (Å²) in [5.41, 5.74) is 5.55. The second-order valence-electron chi connectivity index (χ2n) is 5.53. The van der Waals surface area contributed by atoms with E-state index in [1.54, 1.807) is 48.5 Å². The number of nitrogens with one attached hydrogen (secondary N) is 3.